The molecule has 0 spiro atoms. The molecule has 1 saturated carbocycles. The van der Waals surface area contributed by atoms with Crippen LogP contribution in [0.25, 0.3) is 11.3 Å². The summed E-state index contributed by atoms with van der Waals surface area (Å²) in [6.45, 7) is -0.291. The molecule has 4 unspecified atom stereocenters. The number of anilines is 1. The average Bonchev–Trinajstić information content (AvgIpc) is 3.43. The maximum absolute atomic E-state index is 12.7. The predicted octanol–water partition coefficient (Wildman–Crippen LogP) is 3.86. The Labute approximate surface area is 180 Å². The van der Waals surface area contributed by atoms with Crippen LogP contribution < -0.4 is 5.32 Å². The largest absolute Gasteiger partial charge is 0.300 e. The van der Waals surface area contributed by atoms with Crippen LogP contribution in [0.5, 0.6) is 0 Å². The number of amides is 3. The van der Waals surface area contributed by atoms with Crippen LogP contribution in [0.15, 0.2) is 35.7 Å². The van der Waals surface area contributed by atoms with Gasteiger partial charge in [0.15, 0.2) is 5.13 Å². The monoisotopic (exact) mass is 447 g/mol. The molecule has 2 aromatic rings. The lowest BCUT2D eigenvalue weighted by molar-refractivity contribution is -0.143. The van der Waals surface area contributed by atoms with Crippen molar-refractivity contribution in [1.82, 2.24) is 9.88 Å². The first-order valence-corrected chi connectivity index (χ1v) is 10.8. The minimum Gasteiger partial charge on any atom is -0.300 e. The highest BCUT2D eigenvalue weighted by molar-refractivity contribution is 7.14. The Kier molecular flexibility index (Phi) is 4.49. The molecule has 2 aliphatic carbocycles. The van der Waals surface area contributed by atoms with E-state index in [-0.39, 0.29) is 42.0 Å². The number of rotatable bonds is 4. The van der Waals surface area contributed by atoms with E-state index in [0.29, 0.717) is 26.4 Å². The first-order chi connectivity index (χ1) is 13.9. The molecular weight excluding hydrogens is 433 g/mol. The second-order valence-corrected chi connectivity index (χ2v) is 9.17. The molecule has 148 valence electrons. The Balaban J connectivity index is 1.27. The van der Waals surface area contributed by atoms with Crippen molar-refractivity contribution in [1.29, 1.82) is 0 Å². The molecule has 4 atom stereocenters. The number of benzene rings is 1. The molecule has 3 aliphatic rings. The van der Waals surface area contributed by atoms with Gasteiger partial charge in [0.05, 0.1) is 22.6 Å². The molecular formula is C20H15Cl2N3O3S. The second kappa shape index (κ2) is 6.93. The molecule has 1 aromatic heterocycles. The standard InChI is InChI=1S/C20H15Cl2N3O3S/c21-11-3-4-12(13(22)6-11)14-8-29-20(23-14)24-15(26)7-25-18(27)16-9-1-2-10(5-9)17(16)19(25)28/h1-4,6,8-10,16-17H,5,7H2,(H,23,24,26). The van der Waals surface area contributed by atoms with E-state index >= 15 is 0 Å². The molecule has 29 heavy (non-hydrogen) atoms. The zero-order valence-electron chi connectivity index (χ0n) is 15.0. The van der Waals surface area contributed by atoms with E-state index < -0.39 is 5.91 Å². The summed E-state index contributed by atoms with van der Waals surface area (Å²) in [4.78, 5) is 43.3. The lowest BCUT2D eigenvalue weighted by Gasteiger charge is -2.16. The van der Waals surface area contributed by atoms with E-state index in [4.69, 9.17) is 23.2 Å². The van der Waals surface area contributed by atoms with E-state index in [9.17, 15) is 14.4 Å². The van der Waals surface area contributed by atoms with Gasteiger partial charge in [0.2, 0.25) is 17.7 Å². The normalized spacial score (nSPS) is 27.0. The van der Waals surface area contributed by atoms with Crippen LogP contribution in [-0.4, -0.2) is 34.2 Å². The zero-order valence-corrected chi connectivity index (χ0v) is 17.3. The van der Waals surface area contributed by atoms with Crippen LogP contribution in [0, 0.1) is 23.7 Å². The molecule has 1 aliphatic heterocycles. The summed E-state index contributed by atoms with van der Waals surface area (Å²) in [5.41, 5.74) is 1.31. The molecule has 9 heteroatoms. The Morgan fingerprint density at radius 3 is 2.52 bits per heavy atom. The highest BCUT2D eigenvalue weighted by atomic mass is 35.5. The summed E-state index contributed by atoms with van der Waals surface area (Å²) in [7, 11) is 0. The number of carbonyl (C=O) groups is 3. The van der Waals surface area contributed by atoms with Crippen LogP contribution in [-0.2, 0) is 14.4 Å². The quantitative estimate of drug-likeness (QED) is 0.569. The Morgan fingerprint density at radius 2 is 1.86 bits per heavy atom. The molecule has 1 saturated heterocycles. The van der Waals surface area contributed by atoms with Gasteiger partial charge in [-0.25, -0.2) is 4.98 Å². The van der Waals surface area contributed by atoms with Gasteiger partial charge in [-0.05, 0) is 36.5 Å². The summed E-state index contributed by atoms with van der Waals surface area (Å²) in [5, 5.41) is 5.80. The van der Waals surface area contributed by atoms with Gasteiger partial charge in [-0.2, -0.15) is 0 Å². The van der Waals surface area contributed by atoms with Gasteiger partial charge in [0.1, 0.15) is 6.54 Å². The second-order valence-electron chi connectivity index (χ2n) is 7.47. The molecule has 2 fully saturated rings. The average molecular weight is 448 g/mol. The van der Waals surface area contributed by atoms with Crippen molar-refractivity contribution in [3.63, 3.8) is 0 Å². The van der Waals surface area contributed by atoms with Gasteiger partial charge in [-0.3, -0.25) is 19.3 Å². The van der Waals surface area contributed by atoms with Gasteiger partial charge < -0.3 is 5.32 Å². The van der Waals surface area contributed by atoms with Gasteiger partial charge >= 0.3 is 0 Å². The number of hydrogen-bond donors (Lipinski definition) is 1. The number of halogens is 2. The number of imide groups is 1. The lowest BCUT2D eigenvalue weighted by atomic mass is 9.85. The molecule has 1 aromatic carbocycles. The Morgan fingerprint density at radius 1 is 1.17 bits per heavy atom. The smallest absolute Gasteiger partial charge is 0.246 e. The summed E-state index contributed by atoms with van der Waals surface area (Å²) < 4.78 is 0. The van der Waals surface area contributed by atoms with Gasteiger partial charge in [0, 0.05) is 16.0 Å². The summed E-state index contributed by atoms with van der Waals surface area (Å²) in [6, 6.07) is 5.09. The third kappa shape index (κ3) is 3.08. The number of thiazole rings is 1. The fourth-order valence-corrected chi connectivity index (χ4v) is 5.81. The molecule has 2 bridgehead atoms. The van der Waals surface area contributed by atoms with Gasteiger partial charge in [-0.15, -0.1) is 11.3 Å². The van der Waals surface area contributed by atoms with Gasteiger partial charge in [-0.1, -0.05) is 35.4 Å². The van der Waals surface area contributed by atoms with Crippen LogP contribution in [0.1, 0.15) is 6.42 Å². The van der Waals surface area contributed by atoms with E-state index in [1.807, 2.05) is 12.2 Å². The maximum atomic E-state index is 12.7. The number of nitrogens with zero attached hydrogens (tertiary/aromatic N) is 2. The van der Waals surface area contributed by atoms with Crippen molar-refractivity contribution < 1.29 is 14.4 Å². The molecule has 3 amide bonds. The van der Waals surface area contributed by atoms with Crippen molar-refractivity contribution >= 4 is 57.4 Å². The van der Waals surface area contributed by atoms with E-state index in [0.717, 1.165) is 11.3 Å². The molecule has 5 rings (SSSR count). The predicted molar refractivity (Wildman–Crippen MR) is 111 cm³/mol. The third-order valence-corrected chi connectivity index (χ3v) is 7.13. The fourth-order valence-electron chi connectivity index (χ4n) is 4.57. The number of aromatic nitrogens is 1. The Hall–Kier alpha value is -2.22. The number of fused-ring (bicyclic) bond motifs is 5. The van der Waals surface area contributed by atoms with Crippen LogP contribution >= 0.6 is 34.5 Å². The highest BCUT2D eigenvalue weighted by Gasteiger charge is 2.59. The number of nitrogens with one attached hydrogen (secondary N) is 1. The van der Waals surface area contributed by atoms with E-state index in [2.05, 4.69) is 10.3 Å². The van der Waals surface area contributed by atoms with Crippen LogP contribution in [0.3, 0.4) is 0 Å². The molecule has 6 nitrogen and oxygen atoms in total. The van der Waals surface area contributed by atoms with Crippen LogP contribution in [0.2, 0.25) is 10.0 Å². The molecule has 0 radical (unpaired) electrons. The first kappa shape index (κ1) is 18.8. The SMILES string of the molecule is O=C(CN1C(=O)C2C3C=CC(C3)C2C1=O)Nc1nc(-c2ccc(Cl)cc2Cl)cs1. The summed E-state index contributed by atoms with van der Waals surface area (Å²) in [6.07, 6.45) is 4.92. The van der Waals surface area contributed by atoms with Crippen molar-refractivity contribution in [2.24, 2.45) is 23.7 Å². The van der Waals surface area contributed by atoms with Crippen LogP contribution in [0.4, 0.5) is 5.13 Å². The van der Waals surface area contributed by atoms with E-state index in [1.165, 1.54) is 11.3 Å². The molecule has 2 heterocycles. The first-order valence-electron chi connectivity index (χ1n) is 9.16. The number of likely N-dealkylation sites (tertiary alicyclic amines) is 1. The van der Waals surface area contributed by atoms with Gasteiger partial charge in [0.25, 0.3) is 0 Å². The number of hydrogen-bond acceptors (Lipinski definition) is 5. The number of carbonyl (C=O) groups excluding carboxylic acids is 3. The van der Waals surface area contributed by atoms with E-state index in [1.54, 1.807) is 23.6 Å². The topological polar surface area (TPSA) is 79.4 Å². The lowest BCUT2D eigenvalue weighted by Crippen LogP contribution is -2.39. The maximum Gasteiger partial charge on any atom is 0.246 e. The minimum absolute atomic E-state index is 0.125. The summed E-state index contributed by atoms with van der Waals surface area (Å²) in [5.74, 6) is -1.28. The Bertz CT molecular complexity index is 1050. The minimum atomic E-state index is -0.449. The van der Waals surface area contributed by atoms with Crippen molar-refractivity contribution in [3.8, 4) is 11.3 Å². The number of allylic oxidation sites excluding steroid dienone is 2. The van der Waals surface area contributed by atoms with Crippen molar-refractivity contribution in [3.05, 3.63) is 45.8 Å². The third-order valence-electron chi connectivity index (χ3n) is 5.82. The van der Waals surface area contributed by atoms with Crippen molar-refractivity contribution in [2.75, 3.05) is 11.9 Å². The highest BCUT2D eigenvalue weighted by Crippen LogP contribution is 2.52. The fraction of sp³-hybridized carbons (Fsp3) is 0.300. The zero-order chi connectivity index (χ0) is 20.3. The summed E-state index contributed by atoms with van der Waals surface area (Å²) >= 11 is 13.4. The van der Waals surface area contributed by atoms with Crippen molar-refractivity contribution in [2.45, 2.75) is 6.42 Å². The molecule has 1 N–H and O–H groups in total.